The molecule has 2 nitrogen and oxygen atoms in total. The summed E-state index contributed by atoms with van der Waals surface area (Å²) in [5.74, 6) is 0. The highest BCUT2D eigenvalue weighted by Crippen LogP contribution is 2.34. The molecule has 112 valence electrons. The van der Waals surface area contributed by atoms with Crippen molar-refractivity contribution in [2.75, 3.05) is 13.6 Å². The minimum Gasteiger partial charge on any atom is -0.368 e. The van der Waals surface area contributed by atoms with Crippen LogP contribution in [-0.2, 0) is 6.42 Å². The van der Waals surface area contributed by atoms with Crippen molar-refractivity contribution in [1.82, 2.24) is 4.90 Å². The first-order valence-electron chi connectivity index (χ1n) is 7.80. The van der Waals surface area contributed by atoms with Crippen LogP contribution in [0.25, 0.3) is 0 Å². The molecule has 2 heteroatoms. The second kappa shape index (κ2) is 6.75. The van der Waals surface area contributed by atoms with E-state index in [4.69, 9.17) is 0 Å². The quantitative estimate of drug-likeness (QED) is 0.741. The number of allylic oxidation sites excluding steroid dienone is 3. The second-order valence-corrected chi connectivity index (χ2v) is 5.52. The minimum absolute atomic E-state index is 0.393. The van der Waals surface area contributed by atoms with Gasteiger partial charge in [-0.2, -0.15) is 0 Å². The summed E-state index contributed by atoms with van der Waals surface area (Å²) in [5.41, 5.74) is 6.45. The van der Waals surface area contributed by atoms with Crippen LogP contribution in [0, 0.1) is 0 Å². The molecule has 1 aliphatic heterocycles. The lowest BCUT2D eigenvalue weighted by Crippen LogP contribution is -2.33. The average Bonchev–Trinajstić information content (AvgIpc) is 2.52. The molecule has 0 fully saturated rings. The Morgan fingerprint density at radius 2 is 2.24 bits per heavy atom. The molecule has 1 atom stereocenters. The van der Waals surface area contributed by atoms with Crippen molar-refractivity contribution in [2.24, 2.45) is 4.99 Å². The molecule has 1 aliphatic rings. The summed E-state index contributed by atoms with van der Waals surface area (Å²) in [6, 6.07) is 6.99. The topological polar surface area (TPSA) is 15.6 Å². The van der Waals surface area contributed by atoms with Crippen LogP contribution in [0.2, 0.25) is 0 Å². The van der Waals surface area contributed by atoms with Crippen molar-refractivity contribution in [1.29, 1.82) is 0 Å². The molecule has 0 spiro atoms. The molecule has 2 rings (SSSR count). The Labute approximate surface area is 128 Å². The average molecular weight is 282 g/mol. The van der Waals surface area contributed by atoms with E-state index in [0.29, 0.717) is 6.04 Å². The van der Waals surface area contributed by atoms with E-state index >= 15 is 0 Å². The Hall–Kier alpha value is -1.83. The van der Waals surface area contributed by atoms with Gasteiger partial charge in [-0.05, 0) is 43.9 Å². The summed E-state index contributed by atoms with van der Waals surface area (Å²) in [7, 11) is 1.87. The van der Waals surface area contributed by atoms with Crippen molar-refractivity contribution in [3.63, 3.8) is 0 Å². The van der Waals surface area contributed by atoms with Crippen LogP contribution in [0.1, 0.15) is 49.9 Å². The van der Waals surface area contributed by atoms with Gasteiger partial charge >= 0.3 is 0 Å². The van der Waals surface area contributed by atoms with Gasteiger partial charge in [-0.3, -0.25) is 4.99 Å². The van der Waals surface area contributed by atoms with Crippen LogP contribution in [0.15, 0.2) is 47.6 Å². The molecule has 0 bridgehead atoms. The van der Waals surface area contributed by atoms with E-state index < -0.39 is 0 Å². The van der Waals surface area contributed by atoms with Gasteiger partial charge in [0, 0.05) is 24.9 Å². The lowest BCUT2D eigenvalue weighted by atomic mass is 9.87. The number of aliphatic imine (C=N–C) groups is 1. The number of hydrogen-bond donors (Lipinski definition) is 0. The molecule has 1 heterocycles. The van der Waals surface area contributed by atoms with Crippen LogP contribution >= 0.6 is 0 Å². The second-order valence-electron chi connectivity index (χ2n) is 5.52. The van der Waals surface area contributed by atoms with Crippen LogP contribution < -0.4 is 0 Å². The van der Waals surface area contributed by atoms with Crippen LogP contribution in [0.5, 0.6) is 0 Å². The third-order valence-corrected chi connectivity index (χ3v) is 4.39. The SMILES string of the molecule is C=C(CC)N1CCc2c(C(/C=C\C)=NC)cccc2C1C. The van der Waals surface area contributed by atoms with Gasteiger partial charge in [0.05, 0.1) is 11.8 Å². The van der Waals surface area contributed by atoms with Gasteiger partial charge in [-0.15, -0.1) is 0 Å². The van der Waals surface area contributed by atoms with E-state index in [0.717, 1.165) is 25.1 Å². The van der Waals surface area contributed by atoms with Crippen molar-refractivity contribution in [3.05, 3.63) is 59.3 Å². The predicted octanol–water partition coefficient (Wildman–Crippen LogP) is 4.52. The van der Waals surface area contributed by atoms with Crippen LogP contribution in [0.3, 0.4) is 0 Å². The highest BCUT2D eigenvalue weighted by atomic mass is 15.2. The summed E-state index contributed by atoms with van der Waals surface area (Å²) in [5, 5.41) is 0. The third-order valence-electron chi connectivity index (χ3n) is 4.39. The molecule has 0 saturated heterocycles. The normalized spacial score (nSPS) is 19.0. The molecular weight excluding hydrogens is 256 g/mol. The first-order valence-corrected chi connectivity index (χ1v) is 7.80. The summed E-state index contributed by atoms with van der Waals surface area (Å²) in [4.78, 5) is 6.89. The lowest BCUT2D eigenvalue weighted by Gasteiger charge is -2.38. The van der Waals surface area contributed by atoms with Crippen molar-refractivity contribution in [2.45, 2.75) is 39.7 Å². The lowest BCUT2D eigenvalue weighted by molar-refractivity contribution is 0.251. The number of nitrogens with zero attached hydrogens (tertiary/aromatic N) is 2. The molecule has 0 aromatic heterocycles. The van der Waals surface area contributed by atoms with Crippen LogP contribution in [-0.4, -0.2) is 24.2 Å². The molecule has 0 amide bonds. The van der Waals surface area contributed by atoms with Gasteiger partial charge in [0.25, 0.3) is 0 Å². The molecule has 0 aliphatic carbocycles. The number of rotatable bonds is 4. The first kappa shape index (κ1) is 15.6. The minimum atomic E-state index is 0.393. The van der Waals surface area contributed by atoms with Crippen molar-refractivity contribution in [3.8, 4) is 0 Å². The van der Waals surface area contributed by atoms with Crippen molar-refractivity contribution < 1.29 is 0 Å². The summed E-state index contributed by atoms with van der Waals surface area (Å²) < 4.78 is 0. The van der Waals surface area contributed by atoms with Gasteiger partial charge < -0.3 is 4.90 Å². The van der Waals surface area contributed by atoms with Gasteiger partial charge in [0.15, 0.2) is 0 Å². The van der Waals surface area contributed by atoms with E-state index in [1.807, 2.05) is 14.0 Å². The van der Waals surface area contributed by atoms with E-state index in [2.05, 4.69) is 60.7 Å². The van der Waals surface area contributed by atoms with E-state index in [1.54, 1.807) is 0 Å². The molecule has 1 unspecified atom stereocenters. The summed E-state index contributed by atoms with van der Waals surface area (Å²) in [6.45, 7) is 11.8. The van der Waals surface area contributed by atoms with Crippen LogP contribution in [0.4, 0.5) is 0 Å². The standard InChI is InChI=1S/C19H26N2/c1-6-9-19(20-5)18-11-8-10-16-15(4)21(14(3)7-2)13-12-17(16)18/h6,8-11,15H,3,7,12-13H2,1-2,4-5H3/b9-6-,20-19?. The zero-order chi connectivity index (χ0) is 15.4. The van der Waals surface area contributed by atoms with Gasteiger partial charge in [-0.1, -0.05) is 37.8 Å². The van der Waals surface area contributed by atoms with Gasteiger partial charge in [-0.25, -0.2) is 0 Å². The van der Waals surface area contributed by atoms with Gasteiger partial charge in [0.1, 0.15) is 0 Å². The monoisotopic (exact) mass is 282 g/mol. The van der Waals surface area contributed by atoms with E-state index in [1.165, 1.54) is 22.4 Å². The Bertz CT molecular complexity index is 581. The van der Waals surface area contributed by atoms with Gasteiger partial charge in [0.2, 0.25) is 0 Å². The molecular formula is C19H26N2. The maximum absolute atomic E-state index is 4.45. The molecule has 0 N–H and O–H groups in total. The maximum atomic E-state index is 4.45. The van der Waals surface area contributed by atoms with Crippen molar-refractivity contribution >= 4 is 5.71 Å². The number of hydrogen-bond acceptors (Lipinski definition) is 2. The molecule has 1 aromatic rings. The van der Waals surface area contributed by atoms with E-state index in [-0.39, 0.29) is 0 Å². The zero-order valence-corrected chi connectivity index (χ0v) is 13.7. The number of fused-ring (bicyclic) bond motifs is 1. The maximum Gasteiger partial charge on any atom is 0.0642 e. The largest absolute Gasteiger partial charge is 0.368 e. The Morgan fingerprint density at radius 3 is 2.86 bits per heavy atom. The highest BCUT2D eigenvalue weighted by Gasteiger charge is 2.26. The summed E-state index contributed by atoms with van der Waals surface area (Å²) in [6.07, 6.45) is 6.22. The first-order chi connectivity index (χ1) is 10.1. The zero-order valence-electron chi connectivity index (χ0n) is 13.7. The third kappa shape index (κ3) is 2.94. The Kier molecular flexibility index (Phi) is 5.00. The Morgan fingerprint density at radius 1 is 1.48 bits per heavy atom. The fourth-order valence-electron chi connectivity index (χ4n) is 3.19. The number of benzene rings is 1. The highest BCUT2D eigenvalue weighted by molar-refractivity contribution is 6.09. The predicted molar refractivity (Wildman–Crippen MR) is 92.0 cm³/mol. The molecule has 21 heavy (non-hydrogen) atoms. The van der Waals surface area contributed by atoms with E-state index in [9.17, 15) is 0 Å². The fourth-order valence-corrected chi connectivity index (χ4v) is 3.19. The fraction of sp³-hybridized carbons (Fsp3) is 0.421. The Balaban J connectivity index is 2.45. The molecule has 1 aromatic carbocycles. The molecule has 0 saturated carbocycles. The summed E-state index contributed by atoms with van der Waals surface area (Å²) >= 11 is 0. The molecule has 0 radical (unpaired) electrons. The smallest absolute Gasteiger partial charge is 0.0642 e.